The topological polar surface area (TPSA) is 165 Å². The standard InChI is InChI=1S/C13H19N4O7P/c1-12(20)10(19)13(2,23-24-25(21)6-18)22-11(12)17-4-3-7-8(14)15-5-16-9(7)17/h3-5,10-11,18-21H,6H2,1-2H3,(H2,14,15,16)/t10?,11-,12-,13-,25?/m1/s1. The van der Waals surface area contributed by atoms with Crippen LogP contribution < -0.4 is 5.73 Å². The summed E-state index contributed by atoms with van der Waals surface area (Å²) in [6.45, 7) is 2.70. The lowest BCUT2D eigenvalue weighted by Gasteiger charge is -2.29. The second-order valence-corrected chi connectivity index (χ2v) is 7.12. The molecule has 0 saturated carbocycles. The summed E-state index contributed by atoms with van der Waals surface area (Å²) in [6.07, 6.45) is -0.431. The number of rotatable bonds is 5. The predicted octanol–water partition coefficient (Wildman–Crippen LogP) is -0.427. The van der Waals surface area contributed by atoms with Crippen molar-refractivity contribution in [3.63, 3.8) is 0 Å². The number of aliphatic hydroxyl groups excluding tert-OH is 2. The van der Waals surface area contributed by atoms with Crippen LogP contribution in [0, 0.1) is 0 Å². The molecule has 1 saturated heterocycles. The van der Waals surface area contributed by atoms with Crippen LogP contribution in [0.1, 0.15) is 20.1 Å². The van der Waals surface area contributed by atoms with Gasteiger partial charge in [0.2, 0.25) is 14.2 Å². The maximum Gasteiger partial charge on any atom is 0.233 e. The molecule has 0 radical (unpaired) electrons. The van der Waals surface area contributed by atoms with Gasteiger partial charge in [0.1, 0.15) is 35.8 Å². The lowest BCUT2D eigenvalue weighted by Crippen LogP contribution is -2.49. The number of anilines is 1. The van der Waals surface area contributed by atoms with Gasteiger partial charge in [-0.15, -0.1) is 0 Å². The van der Waals surface area contributed by atoms with E-state index in [-0.39, 0.29) is 5.82 Å². The van der Waals surface area contributed by atoms with E-state index in [4.69, 9.17) is 20.5 Å². The molecule has 2 unspecified atom stereocenters. The van der Waals surface area contributed by atoms with E-state index in [1.165, 1.54) is 24.7 Å². The Balaban J connectivity index is 1.95. The van der Waals surface area contributed by atoms with E-state index in [9.17, 15) is 15.1 Å². The molecule has 3 rings (SSSR count). The van der Waals surface area contributed by atoms with Crippen LogP contribution in [-0.2, 0) is 14.3 Å². The van der Waals surface area contributed by atoms with Crippen LogP contribution in [0.3, 0.4) is 0 Å². The predicted molar refractivity (Wildman–Crippen MR) is 85.5 cm³/mol. The minimum atomic E-state index is -2.25. The first-order valence-electron chi connectivity index (χ1n) is 7.29. The Hall–Kier alpha value is -1.43. The molecular formula is C13H19N4O7P. The minimum Gasteiger partial charge on any atom is -0.387 e. The number of nitrogen functional groups attached to an aromatic ring is 1. The highest BCUT2D eigenvalue weighted by Crippen LogP contribution is 2.47. The first-order valence-corrected chi connectivity index (χ1v) is 8.69. The Kier molecular flexibility index (Phi) is 4.69. The number of hydrogen-bond acceptors (Lipinski definition) is 10. The molecule has 1 aliphatic heterocycles. The number of nitrogens with zero attached hydrogens (tertiary/aromatic N) is 3. The molecule has 1 aliphatic rings. The number of aliphatic hydroxyl groups is 3. The molecule has 2 aromatic heterocycles. The highest BCUT2D eigenvalue weighted by Gasteiger charge is 2.61. The van der Waals surface area contributed by atoms with Crippen molar-refractivity contribution in [2.75, 3.05) is 12.1 Å². The second kappa shape index (κ2) is 6.38. The van der Waals surface area contributed by atoms with Gasteiger partial charge in [-0.05, 0) is 19.9 Å². The summed E-state index contributed by atoms with van der Waals surface area (Å²) in [5.74, 6) is -1.54. The van der Waals surface area contributed by atoms with Gasteiger partial charge < -0.3 is 35.3 Å². The van der Waals surface area contributed by atoms with Crippen LogP contribution in [0.15, 0.2) is 18.6 Å². The summed E-state index contributed by atoms with van der Waals surface area (Å²) in [5.41, 5.74) is 4.41. The molecule has 25 heavy (non-hydrogen) atoms. The smallest absolute Gasteiger partial charge is 0.233 e. The summed E-state index contributed by atoms with van der Waals surface area (Å²) in [7, 11) is -2.25. The zero-order valence-electron chi connectivity index (χ0n) is 13.5. The van der Waals surface area contributed by atoms with Crippen molar-refractivity contribution < 1.29 is 34.5 Å². The summed E-state index contributed by atoms with van der Waals surface area (Å²) < 4.78 is 11.8. The van der Waals surface area contributed by atoms with Crippen molar-refractivity contribution in [2.45, 2.75) is 37.6 Å². The fourth-order valence-corrected chi connectivity index (χ4v) is 3.08. The zero-order chi connectivity index (χ0) is 18.4. The van der Waals surface area contributed by atoms with Gasteiger partial charge in [-0.1, -0.05) is 0 Å². The molecule has 5 atom stereocenters. The van der Waals surface area contributed by atoms with Crippen LogP contribution >= 0.6 is 8.38 Å². The number of aromatic nitrogens is 3. The monoisotopic (exact) mass is 374 g/mol. The van der Waals surface area contributed by atoms with E-state index in [2.05, 4.69) is 14.6 Å². The summed E-state index contributed by atoms with van der Waals surface area (Å²) >= 11 is 0. The largest absolute Gasteiger partial charge is 0.387 e. The third kappa shape index (κ3) is 2.98. The van der Waals surface area contributed by atoms with Gasteiger partial charge in [0.25, 0.3) is 0 Å². The van der Waals surface area contributed by atoms with Crippen LogP contribution in [0.25, 0.3) is 11.0 Å². The Labute approximate surface area is 143 Å². The van der Waals surface area contributed by atoms with Crippen LogP contribution in [-0.4, -0.2) is 58.6 Å². The van der Waals surface area contributed by atoms with Crippen molar-refractivity contribution in [2.24, 2.45) is 0 Å². The number of hydrogen-bond donors (Lipinski definition) is 5. The van der Waals surface area contributed by atoms with Crippen molar-refractivity contribution in [1.29, 1.82) is 0 Å². The molecule has 6 N–H and O–H groups in total. The highest BCUT2D eigenvalue weighted by molar-refractivity contribution is 7.45. The van der Waals surface area contributed by atoms with Crippen molar-refractivity contribution >= 4 is 25.2 Å². The molecule has 12 heteroatoms. The Morgan fingerprint density at radius 1 is 1.44 bits per heavy atom. The van der Waals surface area contributed by atoms with E-state index in [1.54, 1.807) is 12.3 Å². The number of nitrogens with two attached hydrogens (primary N) is 1. The molecule has 1 fully saturated rings. The number of fused-ring (bicyclic) bond motifs is 1. The molecule has 0 aliphatic carbocycles. The van der Waals surface area contributed by atoms with Crippen molar-refractivity contribution in [3.8, 4) is 0 Å². The average molecular weight is 374 g/mol. The molecule has 0 bridgehead atoms. The van der Waals surface area contributed by atoms with Gasteiger partial charge >= 0.3 is 0 Å². The van der Waals surface area contributed by atoms with Crippen LogP contribution in [0.2, 0.25) is 0 Å². The summed E-state index contributed by atoms with van der Waals surface area (Å²) in [5, 5.41) is 30.6. The normalized spacial score (nSPS) is 33.8. The first kappa shape index (κ1) is 18.4. The quantitative estimate of drug-likeness (QED) is 0.263. The second-order valence-electron chi connectivity index (χ2n) is 5.99. The van der Waals surface area contributed by atoms with Gasteiger partial charge in [0.15, 0.2) is 6.23 Å². The van der Waals surface area contributed by atoms with Crippen molar-refractivity contribution in [1.82, 2.24) is 14.5 Å². The highest BCUT2D eigenvalue weighted by atomic mass is 31.2. The fourth-order valence-electron chi connectivity index (χ4n) is 2.80. The third-order valence-corrected chi connectivity index (χ3v) is 4.59. The fraction of sp³-hybridized carbons (Fsp3) is 0.538. The molecule has 3 heterocycles. The average Bonchev–Trinajstić information content (AvgIpc) is 3.08. The maximum absolute atomic E-state index is 10.8. The van der Waals surface area contributed by atoms with Gasteiger partial charge in [-0.3, -0.25) is 0 Å². The Morgan fingerprint density at radius 3 is 2.84 bits per heavy atom. The molecule has 2 aromatic rings. The van der Waals surface area contributed by atoms with Crippen molar-refractivity contribution in [3.05, 3.63) is 18.6 Å². The van der Waals surface area contributed by atoms with Gasteiger partial charge in [0, 0.05) is 6.20 Å². The Morgan fingerprint density at radius 2 is 2.16 bits per heavy atom. The Bertz CT molecular complexity index is 772. The zero-order valence-corrected chi connectivity index (χ0v) is 14.4. The molecule has 0 aromatic carbocycles. The third-order valence-electron chi connectivity index (χ3n) is 4.10. The molecule has 138 valence electrons. The lowest BCUT2D eigenvalue weighted by molar-refractivity contribution is -0.388. The number of ether oxygens (including phenoxy) is 1. The van der Waals surface area contributed by atoms with Gasteiger partial charge in [-0.25, -0.2) is 9.97 Å². The van der Waals surface area contributed by atoms with E-state index < -0.39 is 38.4 Å². The van der Waals surface area contributed by atoms with E-state index in [1.807, 2.05) is 0 Å². The van der Waals surface area contributed by atoms with E-state index >= 15 is 0 Å². The lowest BCUT2D eigenvalue weighted by atomic mass is 9.95. The molecular weight excluding hydrogens is 355 g/mol. The summed E-state index contributed by atoms with van der Waals surface area (Å²) in [6, 6.07) is 1.66. The minimum absolute atomic E-state index is 0.262. The van der Waals surface area contributed by atoms with E-state index in [0.717, 1.165) is 0 Å². The molecule has 11 nitrogen and oxygen atoms in total. The van der Waals surface area contributed by atoms with Crippen LogP contribution in [0.5, 0.6) is 0 Å². The SMILES string of the molecule is C[C@]1(OOP(O)CO)O[C@@H](n2ccc3c(N)ncnc32)[C@](C)(O)C1O. The van der Waals surface area contributed by atoms with Gasteiger partial charge in [0.05, 0.1) is 5.39 Å². The molecule has 0 amide bonds. The molecule has 0 spiro atoms. The van der Waals surface area contributed by atoms with Crippen LogP contribution in [0.4, 0.5) is 5.82 Å². The van der Waals surface area contributed by atoms with E-state index in [0.29, 0.717) is 11.0 Å². The maximum atomic E-state index is 10.8. The summed E-state index contributed by atoms with van der Waals surface area (Å²) in [4.78, 5) is 22.3. The van der Waals surface area contributed by atoms with Gasteiger partial charge in [-0.2, -0.15) is 9.56 Å². The first-order chi connectivity index (χ1) is 11.7.